The quantitative estimate of drug-likeness (QED) is 0.923. The second-order valence-electron chi connectivity index (χ2n) is 4.67. The average Bonchev–Trinajstić information content (AvgIpc) is 2.80. The summed E-state index contributed by atoms with van der Waals surface area (Å²) in [6.07, 6.45) is 0. The van der Waals surface area contributed by atoms with Crippen LogP contribution >= 0.6 is 11.3 Å². The van der Waals surface area contributed by atoms with Gasteiger partial charge in [-0.2, -0.15) is 0 Å². The summed E-state index contributed by atoms with van der Waals surface area (Å²) in [4.78, 5) is 16.3. The van der Waals surface area contributed by atoms with Crippen molar-refractivity contribution < 1.29 is 9.18 Å². The first-order valence-corrected chi connectivity index (χ1v) is 6.88. The summed E-state index contributed by atoms with van der Waals surface area (Å²) < 4.78 is 13.6. The third-order valence-corrected chi connectivity index (χ3v) is 3.48. The molecule has 2 aromatic rings. The summed E-state index contributed by atoms with van der Waals surface area (Å²) in [6.45, 7) is 5.87. The lowest BCUT2D eigenvalue weighted by Crippen LogP contribution is -2.14. The maximum Gasteiger partial charge on any atom is 0.260 e. The number of aromatic nitrogens is 1. The second kappa shape index (κ2) is 5.48. The van der Waals surface area contributed by atoms with Crippen molar-refractivity contribution in [1.82, 2.24) is 4.98 Å². The van der Waals surface area contributed by atoms with Crippen LogP contribution in [-0.2, 0) is 0 Å². The number of halogens is 1. The third-order valence-electron chi connectivity index (χ3n) is 2.70. The van der Waals surface area contributed by atoms with Gasteiger partial charge in [0.05, 0.1) is 11.3 Å². The average molecular weight is 278 g/mol. The van der Waals surface area contributed by atoms with Gasteiger partial charge in [-0.25, -0.2) is 9.37 Å². The Kier molecular flexibility index (Phi) is 3.95. The van der Waals surface area contributed by atoms with Crippen LogP contribution in [0.3, 0.4) is 0 Å². The van der Waals surface area contributed by atoms with E-state index in [9.17, 15) is 9.18 Å². The van der Waals surface area contributed by atoms with E-state index in [2.05, 4.69) is 10.3 Å². The molecule has 2 rings (SSSR count). The van der Waals surface area contributed by atoms with Crippen molar-refractivity contribution in [2.75, 3.05) is 5.32 Å². The van der Waals surface area contributed by atoms with Crippen molar-refractivity contribution in [2.45, 2.75) is 26.7 Å². The van der Waals surface area contributed by atoms with E-state index >= 15 is 0 Å². The van der Waals surface area contributed by atoms with Crippen LogP contribution in [0.15, 0.2) is 23.6 Å². The first kappa shape index (κ1) is 13.7. The molecular formula is C14H15FN2OS. The number of anilines is 1. The second-order valence-corrected chi connectivity index (χ2v) is 5.53. The molecule has 1 aromatic carbocycles. The van der Waals surface area contributed by atoms with Crippen molar-refractivity contribution in [3.8, 4) is 0 Å². The van der Waals surface area contributed by atoms with E-state index in [1.165, 1.54) is 23.5 Å². The Morgan fingerprint density at radius 3 is 2.79 bits per heavy atom. The van der Waals surface area contributed by atoms with Crippen LogP contribution < -0.4 is 5.32 Å². The molecule has 1 amide bonds. The number of amides is 1. The predicted molar refractivity (Wildman–Crippen MR) is 75.3 cm³/mol. The molecule has 1 heterocycles. The molecule has 0 atom stereocenters. The lowest BCUT2D eigenvalue weighted by Gasteiger charge is -2.04. The Balaban J connectivity index is 2.18. The van der Waals surface area contributed by atoms with E-state index in [0.29, 0.717) is 11.0 Å². The Morgan fingerprint density at radius 1 is 1.42 bits per heavy atom. The van der Waals surface area contributed by atoms with E-state index in [4.69, 9.17) is 0 Å². The zero-order chi connectivity index (χ0) is 14.0. The van der Waals surface area contributed by atoms with Gasteiger partial charge in [0.1, 0.15) is 5.82 Å². The topological polar surface area (TPSA) is 42.0 Å². The largest absolute Gasteiger partial charge is 0.298 e. The molecule has 0 radical (unpaired) electrons. The van der Waals surface area contributed by atoms with Gasteiger partial charge in [0.25, 0.3) is 5.91 Å². The third kappa shape index (κ3) is 3.17. The fourth-order valence-corrected chi connectivity index (χ4v) is 2.45. The van der Waals surface area contributed by atoms with Gasteiger partial charge >= 0.3 is 0 Å². The lowest BCUT2D eigenvalue weighted by atomic mass is 10.1. The number of nitrogens with zero attached hydrogens (tertiary/aromatic N) is 1. The van der Waals surface area contributed by atoms with Crippen molar-refractivity contribution >= 4 is 22.4 Å². The van der Waals surface area contributed by atoms with Gasteiger partial charge in [0, 0.05) is 5.38 Å². The Hall–Kier alpha value is -1.75. The van der Waals surface area contributed by atoms with Crippen molar-refractivity contribution in [1.29, 1.82) is 0 Å². The zero-order valence-corrected chi connectivity index (χ0v) is 11.8. The highest BCUT2D eigenvalue weighted by molar-refractivity contribution is 7.14. The molecule has 3 nitrogen and oxygen atoms in total. The molecule has 0 aliphatic heterocycles. The molecule has 5 heteroatoms. The summed E-state index contributed by atoms with van der Waals surface area (Å²) >= 11 is 1.35. The normalized spacial score (nSPS) is 10.8. The molecule has 1 N–H and O–H groups in total. The molecule has 0 spiro atoms. The first-order chi connectivity index (χ1) is 8.97. The minimum Gasteiger partial charge on any atom is -0.298 e. The molecule has 100 valence electrons. The molecule has 0 aliphatic rings. The smallest absolute Gasteiger partial charge is 0.260 e. The van der Waals surface area contributed by atoms with Crippen LogP contribution in [0.5, 0.6) is 0 Å². The SMILES string of the molecule is Cc1ccc(F)c(C(=O)Nc2nc(C(C)C)cs2)c1. The van der Waals surface area contributed by atoms with Crippen LogP contribution in [0, 0.1) is 12.7 Å². The van der Waals surface area contributed by atoms with Gasteiger partial charge in [-0.05, 0) is 25.0 Å². The number of hydrogen-bond donors (Lipinski definition) is 1. The van der Waals surface area contributed by atoms with Gasteiger partial charge in [0.15, 0.2) is 5.13 Å². The fourth-order valence-electron chi connectivity index (χ4n) is 1.59. The summed E-state index contributed by atoms with van der Waals surface area (Å²) in [5.41, 5.74) is 1.81. The van der Waals surface area contributed by atoms with Crippen LogP contribution in [0.2, 0.25) is 0 Å². The highest BCUT2D eigenvalue weighted by Gasteiger charge is 2.14. The van der Waals surface area contributed by atoms with Gasteiger partial charge in [-0.1, -0.05) is 25.5 Å². The van der Waals surface area contributed by atoms with Crippen molar-refractivity contribution in [3.05, 3.63) is 46.2 Å². The van der Waals surface area contributed by atoms with Crippen LogP contribution in [0.25, 0.3) is 0 Å². The van der Waals surface area contributed by atoms with Gasteiger partial charge in [-0.15, -0.1) is 11.3 Å². The lowest BCUT2D eigenvalue weighted by molar-refractivity contribution is 0.102. The molecule has 0 bridgehead atoms. The Labute approximate surface area is 115 Å². The summed E-state index contributed by atoms with van der Waals surface area (Å²) in [5.74, 6) is -0.688. The minimum absolute atomic E-state index is 0.0429. The molecule has 19 heavy (non-hydrogen) atoms. The van der Waals surface area contributed by atoms with Crippen molar-refractivity contribution in [2.24, 2.45) is 0 Å². The number of hydrogen-bond acceptors (Lipinski definition) is 3. The number of aryl methyl sites for hydroxylation is 1. The maximum atomic E-state index is 13.6. The summed E-state index contributed by atoms with van der Waals surface area (Å²) in [5, 5.41) is 5.02. The number of carbonyl (C=O) groups excluding carboxylic acids is 1. The number of carbonyl (C=O) groups is 1. The highest BCUT2D eigenvalue weighted by atomic mass is 32.1. The van der Waals surface area contributed by atoms with Gasteiger partial charge in [-0.3, -0.25) is 10.1 Å². The standard InChI is InChI=1S/C14H15FN2OS/c1-8(2)12-7-19-14(16-12)17-13(18)10-6-9(3)4-5-11(10)15/h4-8H,1-3H3,(H,16,17,18). The van der Waals surface area contributed by atoms with E-state index in [0.717, 1.165) is 11.3 Å². The minimum atomic E-state index is -0.524. The first-order valence-electron chi connectivity index (χ1n) is 6.00. The fraction of sp³-hybridized carbons (Fsp3) is 0.286. The summed E-state index contributed by atoms with van der Waals surface area (Å²) in [6, 6.07) is 4.46. The molecule has 1 aromatic heterocycles. The van der Waals surface area contributed by atoms with Crippen molar-refractivity contribution in [3.63, 3.8) is 0 Å². The molecular weight excluding hydrogens is 263 g/mol. The van der Waals surface area contributed by atoms with E-state index in [1.807, 2.05) is 26.2 Å². The number of benzene rings is 1. The van der Waals surface area contributed by atoms with Crippen LogP contribution in [0.4, 0.5) is 9.52 Å². The molecule has 0 aliphatic carbocycles. The van der Waals surface area contributed by atoms with Crippen LogP contribution in [-0.4, -0.2) is 10.9 Å². The predicted octanol–water partition coefficient (Wildman–Crippen LogP) is 3.97. The van der Waals surface area contributed by atoms with E-state index in [1.54, 1.807) is 6.07 Å². The molecule has 0 unspecified atom stereocenters. The van der Waals surface area contributed by atoms with E-state index < -0.39 is 11.7 Å². The Morgan fingerprint density at radius 2 is 2.16 bits per heavy atom. The summed E-state index contributed by atoms with van der Waals surface area (Å²) in [7, 11) is 0. The van der Waals surface area contributed by atoms with E-state index in [-0.39, 0.29) is 5.56 Å². The van der Waals surface area contributed by atoms with Crippen LogP contribution in [0.1, 0.15) is 41.4 Å². The van der Waals surface area contributed by atoms with Gasteiger partial charge < -0.3 is 0 Å². The number of rotatable bonds is 3. The number of thiazole rings is 1. The molecule has 0 saturated carbocycles. The highest BCUT2D eigenvalue weighted by Crippen LogP contribution is 2.22. The molecule has 0 fully saturated rings. The number of nitrogens with one attached hydrogen (secondary N) is 1. The van der Waals surface area contributed by atoms with Gasteiger partial charge in [0.2, 0.25) is 0 Å². The monoisotopic (exact) mass is 278 g/mol. The Bertz CT molecular complexity index is 607. The zero-order valence-electron chi connectivity index (χ0n) is 11.0. The molecule has 0 saturated heterocycles. The maximum absolute atomic E-state index is 13.6.